The molecule has 0 heterocycles. The molecule has 1 rings (SSSR count). The van der Waals surface area contributed by atoms with Gasteiger partial charge in [-0.1, -0.05) is 26.0 Å². The van der Waals surface area contributed by atoms with Gasteiger partial charge in [-0.3, -0.25) is 9.59 Å². The Hall–Kier alpha value is -2.21. The predicted octanol–water partition coefficient (Wildman–Crippen LogP) is 2.96. The minimum absolute atomic E-state index is 0.165. The molecular weight excluding hydrogens is 335 g/mol. The summed E-state index contributed by atoms with van der Waals surface area (Å²) in [5.41, 5.74) is 0.746. The first-order chi connectivity index (χ1) is 12.5. The van der Waals surface area contributed by atoms with Crippen LogP contribution < -0.4 is 0 Å². The Labute approximate surface area is 155 Å². The fraction of sp³-hybridized carbons (Fsp3) is 0.500. The van der Waals surface area contributed by atoms with E-state index in [0.29, 0.717) is 13.1 Å². The maximum absolute atomic E-state index is 12.9. The van der Waals surface area contributed by atoms with E-state index in [0.717, 1.165) is 31.6 Å². The first-order valence-electron chi connectivity index (χ1n) is 9.01. The second-order valence-electron chi connectivity index (χ2n) is 5.92. The van der Waals surface area contributed by atoms with Crippen LogP contribution in [0.2, 0.25) is 0 Å². The van der Waals surface area contributed by atoms with Crippen LogP contribution in [0.4, 0.5) is 4.39 Å². The summed E-state index contributed by atoms with van der Waals surface area (Å²) < 4.78 is 17.6. The number of esters is 1. The molecule has 26 heavy (non-hydrogen) atoms. The number of hydrogen-bond donors (Lipinski definition) is 0. The summed E-state index contributed by atoms with van der Waals surface area (Å²) in [6, 6.07) is 5.92. The van der Waals surface area contributed by atoms with Crippen LogP contribution in [-0.2, 0) is 14.3 Å². The number of halogens is 1. The van der Waals surface area contributed by atoms with E-state index >= 15 is 0 Å². The quantitative estimate of drug-likeness (QED) is 0.447. The highest BCUT2D eigenvalue weighted by Gasteiger charge is 2.13. The zero-order valence-corrected chi connectivity index (χ0v) is 15.9. The molecule has 0 aromatic heterocycles. The Morgan fingerprint density at radius 1 is 1.08 bits per heavy atom. The molecule has 0 fully saturated rings. The van der Waals surface area contributed by atoms with E-state index in [1.807, 2.05) is 0 Å². The van der Waals surface area contributed by atoms with Gasteiger partial charge in [-0.25, -0.2) is 4.39 Å². The molecule has 0 aliphatic rings. The summed E-state index contributed by atoms with van der Waals surface area (Å²) in [6.07, 6.45) is 4.11. The molecule has 6 heteroatoms. The summed E-state index contributed by atoms with van der Waals surface area (Å²) >= 11 is 0. The van der Waals surface area contributed by atoms with Crippen molar-refractivity contribution >= 4 is 18.0 Å². The van der Waals surface area contributed by atoms with Crippen LogP contribution in [0.25, 0.3) is 6.08 Å². The lowest BCUT2D eigenvalue weighted by Gasteiger charge is -2.23. The van der Waals surface area contributed by atoms with E-state index in [1.54, 1.807) is 23.1 Å². The van der Waals surface area contributed by atoms with E-state index in [9.17, 15) is 14.0 Å². The summed E-state index contributed by atoms with van der Waals surface area (Å²) in [4.78, 5) is 27.8. The maximum atomic E-state index is 12.9. The Balaban J connectivity index is 2.66. The zero-order valence-electron chi connectivity index (χ0n) is 15.9. The third kappa shape index (κ3) is 8.25. The Morgan fingerprint density at radius 2 is 1.73 bits per heavy atom. The van der Waals surface area contributed by atoms with Crippen molar-refractivity contribution in [1.29, 1.82) is 0 Å². The Bertz CT molecular complexity index is 583. The SMILES string of the molecule is CCN(CC)CCCN(CCC(=O)OC)C(=O)/C=C/c1ccc(F)cc1. The van der Waals surface area contributed by atoms with Crippen molar-refractivity contribution in [2.45, 2.75) is 26.7 Å². The minimum atomic E-state index is -0.339. The fourth-order valence-corrected chi connectivity index (χ4v) is 2.53. The van der Waals surface area contributed by atoms with E-state index in [2.05, 4.69) is 23.5 Å². The van der Waals surface area contributed by atoms with Crippen molar-refractivity contribution < 1.29 is 18.7 Å². The number of rotatable bonds is 11. The molecule has 1 aromatic rings. The standard InChI is InChI=1S/C20H29FN2O3/c1-4-22(5-2)14-6-15-23(16-13-20(25)26-3)19(24)12-9-17-7-10-18(21)11-8-17/h7-12H,4-6,13-16H2,1-3H3/b12-9+. The van der Waals surface area contributed by atoms with Crippen LogP contribution in [0.5, 0.6) is 0 Å². The van der Waals surface area contributed by atoms with Gasteiger partial charge in [0.15, 0.2) is 0 Å². The van der Waals surface area contributed by atoms with E-state index < -0.39 is 0 Å². The van der Waals surface area contributed by atoms with Gasteiger partial charge in [0.05, 0.1) is 13.5 Å². The molecule has 5 nitrogen and oxygen atoms in total. The van der Waals surface area contributed by atoms with E-state index in [4.69, 9.17) is 0 Å². The maximum Gasteiger partial charge on any atom is 0.307 e. The van der Waals surface area contributed by atoms with Crippen LogP contribution >= 0.6 is 0 Å². The van der Waals surface area contributed by atoms with Crippen LogP contribution in [0, 0.1) is 5.82 Å². The van der Waals surface area contributed by atoms with Gasteiger partial charge < -0.3 is 14.5 Å². The number of carbonyl (C=O) groups excluding carboxylic acids is 2. The smallest absolute Gasteiger partial charge is 0.307 e. The predicted molar refractivity (Wildman–Crippen MR) is 101 cm³/mol. The number of nitrogens with zero attached hydrogens (tertiary/aromatic N) is 2. The molecule has 0 radical (unpaired) electrons. The highest BCUT2D eigenvalue weighted by Crippen LogP contribution is 2.06. The lowest BCUT2D eigenvalue weighted by atomic mass is 10.2. The second kappa shape index (κ2) is 12.2. The van der Waals surface area contributed by atoms with Crippen molar-refractivity contribution in [2.24, 2.45) is 0 Å². The third-order valence-electron chi connectivity index (χ3n) is 4.21. The number of hydrogen-bond acceptors (Lipinski definition) is 4. The highest BCUT2D eigenvalue weighted by molar-refractivity contribution is 5.92. The number of amides is 1. The molecule has 0 aliphatic carbocycles. The summed E-state index contributed by atoms with van der Waals surface area (Å²) in [7, 11) is 1.34. The number of ether oxygens (including phenoxy) is 1. The van der Waals surface area contributed by atoms with Gasteiger partial charge in [-0.15, -0.1) is 0 Å². The lowest BCUT2D eigenvalue weighted by Crippen LogP contribution is -2.35. The van der Waals surface area contributed by atoms with Crippen molar-refractivity contribution in [3.8, 4) is 0 Å². The fourth-order valence-electron chi connectivity index (χ4n) is 2.53. The van der Waals surface area contributed by atoms with Crippen LogP contribution in [-0.4, -0.2) is 61.5 Å². The molecule has 0 saturated heterocycles. The molecule has 0 bridgehead atoms. The van der Waals surface area contributed by atoms with Gasteiger partial charge in [0, 0.05) is 19.2 Å². The highest BCUT2D eigenvalue weighted by atomic mass is 19.1. The molecule has 0 N–H and O–H groups in total. The average Bonchev–Trinajstić information content (AvgIpc) is 2.66. The van der Waals surface area contributed by atoms with Gasteiger partial charge >= 0.3 is 5.97 Å². The monoisotopic (exact) mass is 364 g/mol. The van der Waals surface area contributed by atoms with Crippen molar-refractivity contribution in [2.75, 3.05) is 39.8 Å². The number of methoxy groups -OCH3 is 1. The molecule has 0 aliphatic heterocycles. The van der Waals surface area contributed by atoms with Crippen LogP contribution in [0.1, 0.15) is 32.3 Å². The van der Waals surface area contributed by atoms with Gasteiger partial charge in [0.2, 0.25) is 5.91 Å². The van der Waals surface area contributed by atoms with Crippen molar-refractivity contribution in [1.82, 2.24) is 9.80 Å². The largest absolute Gasteiger partial charge is 0.469 e. The molecule has 144 valence electrons. The molecule has 0 saturated carbocycles. The number of benzene rings is 1. The van der Waals surface area contributed by atoms with Gasteiger partial charge in [0.25, 0.3) is 0 Å². The molecule has 1 aromatic carbocycles. The van der Waals surface area contributed by atoms with Crippen LogP contribution in [0.3, 0.4) is 0 Å². The molecular formula is C20H29FN2O3. The van der Waals surface area contributed by atoms with Gasteiger partial charge in [-0.2, -0.15) is 0 Å². The minimum Gasteiger partial charge on any atom is -0.469 e. The first kappa shape index (κ1) is 21.8. The molecule has 0 atom stereocenters. The second-order valence-corrected chi connectivity index (χ2v) is 5.92. The molecule has 0 spiro atoms. The van der Waals surface area contributed by atoms with Crippen molar-refractivity contribution in [3.63, 3.8) is 0 Å². The van der Waals surface area contributed by atoms with E-state index in [1.165, 1.54) is 25.3 Å². The Kier molecular flexibility index (Phi) is 10.2. The molecule has 1 amide bonds. The van der Waals surface area contributed by atoms with E-state index in [-0.39, 0.29) is 24.1 Å². The number of carbonyl (C=O) groups is 2. The third-order valence-corrected chi connectivity index (χ3v) is 4.21. The average molecular weight is 364 g/mol. The summed E-state index contributed by atoms with van der Waals surface area (Å²) in [6.45, 7) is 7.94. The van der Waals surface area contributed by atoms with Crippen LogP contribution in [0.15, 0.2) is 30.3 Å². The van der Waals surface area contributed by atoms with Gasteiger partial charge in [0.1, 0.15) is 5.82 Å². The topological polar surface area (TPSA) is 49.9 Å². The van der Waals surface area contributed by atoms with Gasteiger partial charge in [-0.05, 0) is 49.8 Å². The van der Waals surface area contributed by atoms with Crippen molar-refractivity contribution in [3.05, 3.63) is 41.7 Å². The summed E-state index contributed by atoms with van der Waals surface area (Å²) in [5, 5.41) is 0. The lowest BCUT2D eigenvalue weighted by molar-refractivity contribution is -0.141. The molecule has 0 unspecified atom stereocenters. The first-order valence-corrected chi connectivity index (χ1v) is 9.01. The normalized spacial score (nSPS) is 11.1. The Morgan fingerprint density at radius 3 is 2.31 bits per heavy atom. The zero-order chi connectivity index (χ0) is 19.4. The summed E-state index contributed by atoms with van der Waals surface area (Å²) in [5.74, 6) is -0.823.